The molecule has 3 N–H and O–H groups in total. The molecule has 0 aliphatic carbocycles. The minimum atomic E-state index is -0.846. The zero-order chi connectivity index (χ0) is 14.6. The van der Waals surface area contributed by atoms with Gasteiger partial charge in [-0.15, -0.1) is 10.2 Å². The Kier molecular flexibility index (Phi) is 5.34. The van der Waals surface area contributed by atoms with Gasteiger partial charge in [-0.3, -0.25) is 10.1 Å². The van der Waals surface area contributed by atoms with Crippen molar-refractivity contribution < 1.29 is 9.59 Å². The lowest BCUT2D eigenvalue weighted by Gasteiger charge is -2.19. The molecule has 8 heteroatoms. The van der Waals surface area contributed by atoms with Crippen LogP contribution in [-0.2, 0) is 4.79 Å². The fourth-order valence-electron chi connectivity index (χ4n) is 1.47. The molecule has 106 valence electrons. The van der Waals surface area contributed by atoms with Crippen LogP contribution in [0.4, 0.5) is 4.79 Å². The second kappa shape index (κ2) is 6.55. The highest BCUT2D eigenvalue weighted by molar-refractivity contribution is 8.00. The Morgan fingerprint density at radius 1 is 1.37 bits per heavy atom. The number of nitrogens with two attached hydrogens (primary N) is 1. The fraction of sp³-hybridized carbons (Fsp3) is 0.636. The molecule has 3 amide bonds. The van der Waals surface area contributed by atoms with E-state index in [1.807, 2.05) is 32.3 Å². The minimum absolute atomic E-state index is 0.0293. The topological polar surface area (TPSA) is 103 Å². The van der Waals surface area contributed by atoms with Crippen molar-refractivity contribution in [3.63, 3.8) is 0 Å². The number of nitrogens with one attached hydrogen (secondary N) is 1. The molecule has 1 atom stereocenters. The smallest absolute Gasteiger partial charge is 0.318 e. The van der Waals surface area contributed by atoms with E-state index in [1.54, 1.807) is 6.33 Å². The van der Waals surface area contributed by atoms with Crippen molar-refractivity contribution in [1.29, 1.82) is 0 Å². The Morgan fingerprint density at radius 2 is 2.00 bits per heavy atom. The molecular formula is C11H19N5O2S. The first-order valence-electron chi connectivity index (χ1n) is 5.99. The van der Waals surface area contributed by atoms with E-state index >= 15 is 0 Å². The lowest BCUT2D eigenvalue weighted by Crippen LogP contribution is -2.42. The highest BCUT2D eigenvalue weighted by Gasteiger charge is 2.26. The fourth-order valence-corrected chi connectivity index (χ4v) is 2.61. The molecule has 0 saturated carbocycles. The Hall–Kier alpha value is -1.57. The first-order valence-corrected chi connectivity index (χ1v) is 6.87. The van der Waals surface area contributed by atoms with Crippen LogP contribution in [0.5, 0.6) is 0 Å². The number of carbonyl (C=O) groups excluding carboxylic acids is 2. The summed E-state index contributed by atoms with van der Waals surface area (Å²) in [5.41, 5.74) is 4.97. The zero-order valence-electron chi connectivity index (χ0n) is 11.5. The third kappa shape index (κ3) is 4.23. The molecule has 0 spiro atoms. The van der Waals surface area contributed by atoms with Crippen molar-refractivity contribution in [2.75, 3.05) is 0 Å². The van der Waals surface area contributed by atoms with Gasteiger partial charge in [-0.05, 0) is 19.8 Å². The van der Waals surface area contributed by atoms with E-state index in [2.05, 4.69) is 15.5 Å². The van der Waals surface area contributed by atoms with Crippen LogP contribution in [0.25, 0.3) is 0 Å². The van der Waals surface area contributed by atoms with Crippen LogP contribution in [0.3, 0.4) is 0 Å². The van der Waals surface area contributed by atoms with Crippen molar-refractivity contribution in [3.05, 3.63) is 6.33 Å². The van der Waals surface area contributed by atoms with E-state index in [1.165, 1.54) is 11.8 Å². The zero-order valence-corrected chi connectivity index (χ0v) is 12.3. The van der Waals surface area contributed by atoms with E-state index < -0.39 is 17.2 Å². The second-order valence-electron chi connectivity index (χ2n) is 4.75. The molecule has 0 aliphatic rings. The number of hydrogen-bond donors (Lipinski definition) is 2. The third-order valence-electron chi connectivity index (χ3n) is 2.44. The molecule has 19 heavy (non-hydrogen) atoms. The van der Waals surface area contributed by atoms with E-state index in [0.29, 0.717) is 5.16 Å². The summed E-state index contributed by atoms with van der Waals surface area (Å²) < 4.78 is 1.87. The lowest BCUT2D eigenvalue weighted by atomic mass is 10.1. The molecule has 1 heterocycles. The molecule has 0 saturated heterocycles. The highest BCUT2D eigenvalue weighted by Crippen LogP contribution is 2.28. The Morgan fingerprint density at radius 3 is 2.47 bits per heavy atom. The molecular weight excluding hydrogens is 266 g/mol. The average Bonchev–Trinajstić information content (AvgIpc) is 2.72. The molecule has 0 radical (unpaired) electrons. The number of urea groups is 1. The molecule has 0 fully saturated rings. The summed E-state index contributed by atoms with van der Waals surface area (Å²) in [6.07, 6.45) is 1.62. The summed E-state index contributed by atoms with van der Waals surface area (Å²) in [7, 11) is 0. The monoisotopic (exact) mass is 285 g/mol. The summed E-state index contributed by atoms with van der Waals surface area (Å²) in [4.78, 5) is 22.7. The van der Waals surface area contributed by atoms with Gasteiger partial charge >= 0.3 is 6.03 Å². The van der Waals surface area contributed by atoms with E-state index in [9.17, 15) is 9.59 Å². The third-order valence-corrected chi connectivity index (χ3v) is 3.95. The van der Waals surface area contributed by atoms with Crippen LogP contribution in [0.2, 0.25) is 0 Å². The maximum Gasteiger partial charge on any atom is 0.318 e. The van der Waals surface area contributed by atoms with Crippen LogP contribution in [-0.4, -0.2) is 32.0 Å². The van der Waals surface area contributed by atoms with Crippen molar-refractivity contribution in [1.82, 2.24) is 20.1 Å². The van der Waals surface area contributed by atoms with Crippen LogP contribution in [0, 0.1) is 5.92 Å². The van der Waals surface area contributed by atoms with Gasteiger partial charge in [-0.2, -0.15) is 0 Å². The standard InChI is InChI=1S/C11H19N5O2S/c1-6(2)8(9(17)14-10(12)18)19-11-15-13-5-16(11)7(3)4/h5-8H,1-4H3,(H3,12,14,17,18). The molecule has 0 bridgehead atoms. The maximum absolute atomic E-state index is 11.9. The molecule has 1 unspecified atom stereocenters. The SMILES string of the molecule is CC(C)C(Sc1nncn1C(C)C)C(=O)NC(N)=O. The minimum Gasteiger partial charge on any atom is -0.351 e. The predicted octanol–water partition coefficient (Wildman–Crippen LogP) is 1.17. The van der Waals surface area contributed by atoms with Crippen LogP contribution < -0.4 is 11.1 Å². The van der Waals surface area contributed by atoms with Gasteiger partial charge in [0.2, 0.25) is 5.91 Å². The average molecular weight is 285 g/mol. The molecule has 0 aromatic carbocycles. The largest absolute Gasteiger partial charge is 0.351 e. The van der Waals surface area contributed by atoms with E-state index in [-0.39, 0.29) is 12.0 Å². The molecule has 1 rings (SSSR count). The summed E-state index contributed by atoms with van der Waals surface area (Å²) in [6, 6.07) is -0.647. The Labute approximate surface area is 116 Å². The highest BCUT2D eigenvalue weighted by atomic mass is 32.2. The maximum atomic E-state index is 11.9. The van der Waals surface area contributed by atoms with Gasteiger partial charge in [0, 0.05) is 6.04 Å². The number of amides is 3. The summed E-state index contributed by atoms with van der Waals surface area (Å²) in [5.74, 6) is -0.382. The van der Waals surface area contributed by atoms with Gasteiger partial charge in [0.1, 0.15) is 6.33 Å². The van der Waals surface area contributed by atoms with Crippen molar-refractivity contribution in [2.24, 2.45) is 11.7 Å². The van der Waals surface area contributed by atoms with Crippen molar-refractivity contribution >= 4 is 23.7 Å². The number of primary amides is 1. The van der Waals surface area contributed by atoms with Crippen LogP contribution >= 0.6 is 11.8 Å². The molecule has 1 aromatic heterocycles. The van der Waals surface area contributed by atoms with Gasteiger partial charge in [-0.25, -0.2) is 4.79 Å². The van der Waals surface area contributed by atoms with Crippen molar-refractivity contribution in [3.8, 4) is 0 Å². The quantitative estimate of drug-likeness (QED) is 0.790. The van der Waals surface area contributed by atoms with Gasteiger partial charge in [-0.1, -0.05) is 25.6 Å². The molecule has 1 aromatic rings. The van der Waals surface area contributed by atoms with Crippen LogP contribution in [0.1, 0.15) is 33.7 Å². The summed E-state index contributed by atoms with van der Waals surface area (Å²) in [5, 5.41) is 10.1. The first-order chi connectivity index (χ1) is 8.82. The lowest BCUT2D eigenvalue weighted by molar-refractivity contribution is -0.120. The number of thioether (sulfide) groups is 1. The van der Waals surface area contributed by atoms with Gasteiger partial charge < -0.3 is 10.3 Å². The normalized spacial score (nSPS) is 12.7. The Bertz CT molecular complexity index is 458. The number of hydrogen-bond acceptors (Lipinski definition) is 5. The number of aromatic nitrogens is 3. The molecule has 0 aliphatic heterocycles. The Balaban J connectivity index is 2.87. The number of rotatable bonds is 5. The number of carbonyl (C=O) groups is 2. The van der Waals surface area contributed by atoms with Crippen LogP contribution in [0.15, 0.2) is 11.5 Å². The number of nitrogens with zero attached hydrogens (tertiary/aromatic N) is 3. The van der Waals surface area contributed by atoms with Crippen molar-refractivity contribution in [2.45, 2.75) is 44.1 Å². The van der Waals surface area contributed by atoms with Gasteiger partial charge in [0.05, 0.1) is 5.25 Å². The summed E-state index contributed by atoms with van der Waals surface area (Å²) >= 11 is 1.28. The second-order valence-corrected chi connectivity index (χ2v) is 5.86. The molecule has 7 nitrogen and oxygen atoms in total. The van der Waals surface area contributed by atoms with Gasteiger partial charge in [0.25, 0.3) is 0 Å². The first kappa shape index (κ1) is 15.5. The van der Waals surface area contributed by atoms with E-state index in [4.69, 9.17) is 5.73 Å². The predicted molar refractivity (Wildman–Crippen MR) is 72.6 cm³/mol. The van der Waals surface area contributed by atoms with E-state index in [0.717, 1.165) is 0 Å². The number of imide groups is 1. The van der Waals surface area contributed by atoms with Gasteiger partial charge in [0.15, 0.2) is 5.16 Å². The summed E-state index contributed by atoms with van der Waals surface area (Å²) in [6.45, 7) is 7.80.